The molecule has 0 spiro atoms. The number of aromatic amines is 1. The Hall–Kier alpha value is -2.76. The lowest BCUT2D eigenvalue weighted by molar-refractivity contribution is -0.137. The summed E-state index contributed by atoms with van der Waals surface area (Å²) in [6, 6.07) is 12.5. The Labute approximate surface area is 149 Å². The number of aromatic nitrogens is 1. The molecule has 2 aromatic carbocycles. The van der Waals surface area contributed by atoms with E-state index in [1.807, 2.05) is 31.2 Å². The van der Waals surface area contributed by atoms with E-state index in [2.05, 4.69) is 10.3 Å². The van der Waals surface area contributed by atoms with Crippen LogP contribution in [0.5, 0.6) is 0 Å². The maximum absolute atomic E-state index is 13.2. The topological polar surface area (TPSA) is 44.9 Å². The first kappa shape index (κ1) is 18.0. The van der Waals surface area contributed by atoms with Gasteiger partial charge in [-0.05, 0) is 44.5 Å². The van der Waals surface area contributed by atoms with Crippen molar-refractivity contribution in [3.8, 4) is 0 Å². The van der Waals surface area contributed by atoms with Gasteiger partial charge in [-0.15, -0.1) is 0 Å². The zero-order valence-corrected chi connectivity index (χ0v) is 14.7. The van der Waals surface area contributed by atoms with E-state index < -0.39 is 23.1 Å². The smallest absolute Gasteiger partial charge is 0.358 e. The fourth-order valence-corrected chi connectivity index (χ4v) is 3.31. The van der Waals surface area contributed by atoms with Gasteiger partial charge in [0.2, 0.25) is 5.91 Å². The van der Waals surface area contributed by atoms with E-state index >= 15 is 0 Å². The molecule has 3 nitrogen and oxygen atoms in total. The molecule has 0 aliphatic rings. The molecule has 1 aromatic heterocycles. The predicted molar refractivity (Wildman–Crippen MR) is 96.1 cm³/mol. The number of aryl methyl sites for hydroxylation is 1. The molecule has 3 rings (SSSR count). The quantitative estimate of drug-likeness (QED) is 0.644. The Kier molecular flexibility index (Phi) is 4.30. The number of para-hydroxylation sites is 2. The number of hydrogen-bond acceptors (Lipinski definition) is 1. The number of H-pyrrole nitrogens is 1. The Bertz CT molecular complexity index is 971. The van der Waals surface area contributed by atoms with Crippen LogP contribution in [0, 0.1) is 6.92 Å². The monoisotopic (exact) mass is 360 g/mol. The number of fused-ring (bicyclic) bond motifs is 1. The Morgan fingerprint density at radius 1 is 1.00 bits per heavy atom. The molecule has 0 saturated carbocycles. The molecular weight excluding hydrogens is 341 g/mol. The average molecular weight is 360 g/mol. The van der Waals surface area contributed by atoms with Gasteiger partial charge in [0, 0.05) is 16.6 Å². The van der Waals surface area contributed by atoms with E-state index in [-0.39, 0.29) is 5.69 Å². The fourth-order valence-electron chi connectivity index (χ4n) is 3.31. The molecule has 136 valence electrons. The molecule has 3 aromatic rings. The number of hydrogen-bond donors (Lipinski definition) is 2. The fraction of sp³-hybridized carbons (Fsp3) is 0.250. The van der Waals surface area contributed by atoms with E-state index in [1.54, 1.807) is 13.8 Å². The largest absolute Gasteiger partial charge is 0.418 e. The van der Waals surface area contributed by atoms with Crippen molar-refractivity contribution in [2.24, 2.45) is 0 Å². The van der Waals surface area contributed by atoms with Gasteiger partial charge >= 0.3 is 6.18 Å². The second-order valence-corrected chi connectivity index (χ2v) is 6.79. The van der Waals surface area contributed by atoms with Gasteiger partial charge in [-0.1, -0.05) is 30.3 Å². The van der Waals surface area contributed by atoms with Crippen molar-refractivity contribution in [3.63, 3.8) is 0 Å². The van der Waals surface area contributed by atoms with Crippen LogP contribution in [-0.2, 0) is 16.4 Å². The molecule has 0 unspecified atom stereocenters. The zero-order chi connectivity index (χ0) is 19.1. The molecule has 0 radical (unpaired) electrons. The van der Waals surface area contributed by atoms with Crippen molar-refractivity contribution >= 4 is 22.5 Å². The predicted octanol–water partition coefficient (Wildman–Crippen LogP) is 5.41. The lowest BCUT2D eigenvalue weighted by Gasteiger charge is -2.25. The molecule has 0 atom stereocenters. The number of benzene rings is 2. The standard InChI is InChI=1S/C20H19F3N2O/c1-12-17(13-8-4-6-10-15(13)24-12)19(2,3)18(26)25-16-11-7-5-9-14(16)20(21,22)23/h4-11,24H,1-3H3,(H,25,26). The van der Waals surface area contributed by atoms with Crippen LogP contribution in [0.2, 0.25) is 0 Å². The summed E-state index contributed by atoms with van der Waals surface area (Å²) in [5.41, 5.74) is 0.347. The highest BCUT2D eigenvalue weighted by Crippen LogP contribution is 2.37. The van der Waals surface area contributed by atoms with E-state index in [0.29, 0.717) is 0 Å². The highest BCUT2D eigenvalue weighted by Gasteiger charge is 2.37. The summed E-state index contributed by atoms with van der Waals surface area (Å²) in [5.74, 6) is -0.498. The van der Waals surface area contributed by atoms with Crippen molar-refractivity contribution in [2.75, 3.05) is 5.32 Å². The summed E-state index contributed by atoms with van der Waals surface area (Å²) < 4.78 is 39.6. The summed E-state index contributed by atoms with van der Waals surface area (Å²) >= 11 is 0. The van der Waals surface area contributed by atoms with E-state index in [9.17, 15) is 18.0 Å². The number of nitrogens with one attached hydrogen (secondary N) is 2. The van der Waals surface area contributed by atoms with Crippen LogP contribution < -0.4 is 5.32 Å². The third-order valence-corrected chi connectivity index (χ3v) is 4.57. The van der Waals surface area contributed by atoms with Crippen LogP contribution in [-0.4, -0.2) is 10.9 Å². The third-order valence-electron chi connectivity index (χ3n) is 4.57. The number of rotatable bonds is 3. The van der Waals surface area contributed by atoms with Gasteiger partial charge in [-0.3, -0.25) is 4.79 Å². The van der Waals surface area contributed by atoms with E-state index in [1.165, 1.54) is 18.2 Å². The molecule has 0 bridgehead atoms. The van der Waals surface area contributed by atoms with E-state index in [4.69, 9.17) is 0 Å². The van der Waals surface area contributed by atoms with Gasteiger partial charge in [0.15, 0.2) is 0 Å². The SMILES string of the molecule is Cc1[nH]c2ccccc2c1C(C)(C)C(=O)Nc1ccccc1C(F)(F)F. The zero-order valence-electron chi connectivity index (χ0n) is 14.7. The number of carbonyl (C=O) groups is 1. The minimum atomic E-state index is -4.54. The Morgan fingerprint density at radius 2 is 1.62 bits per heavy atom. The molecule has 26 heavy (non-hydrogen) atoms. The molecule has 2 N–H and O–H groups in total. The van der Waals surface area contributed by atoms with Gasteiger partial charge < -0.3 is 10.3 Å². The molecule has 0 aliphatic carbocycles. The molecule has 1 amide bonds. The highest BCUT2D eigenvalue weighted by atomic mass is 19.4. The van der Waals surface area contributed by atoms with Crippen LogP contribution in [0.4, 0.5) is 18.9 Å². The molecule has 6 heteroatoms. The maximum Gasteiger partial charge on any atom is 0.418 e. The van der Waals surface area contributed by atoms with Crippen LogP contribution >= 0.6 is 0 Å². The summed E-state index contributed by atoms with van der Waals surface area (Å²) in [5, 5.41) is 3.35. The minimum absolute atomic E-state index is 0.240. The molecule has 0 saturated heterocycles. The first-order valence-electron chi connectivity index (χ1n) is 8.18. The third kappa shape index (κ3) is 3.07. The molecule has 0 aliphatic heterocycles. The number of halogens is 3. The first-order valence-corrected chi connectivity index (χ1v) is 8.18. The van der Waals surface area contributed by atoms with Gasteiger partial charge in [0.05, 0.1) is 16.7 Å². The van der Waals surface area contributed by atoms with Crippen molar-refractivity contribution in [1.29, 1.82) is 0 Å². The van der Waals surface area contributed by atoms with Crippen LogP contribution in [0.15, 0.2) is 48.5 Å². The molecular formula is C20H19F3N2O. The summed E-state index contributed by atoms with van der Waals surface area (Å²) in [6.45, 7) is 5.27. The lowest BCUT2D eigenvalue weighted by atomic mass is 9.81. The van der Waals surface area contributed by atoms with Gasteiger partial charge in [0.25, 0.3) is 0 Å². The molecule has 0 fully saturated rings. The molecule has 1 heterocycles. The first-order chi connectivity index (χ1) is 12.1. The minimum Gasteiger partial charge on any atom is -0.358 e. The Morgan fingerprint density at radius 3 is 2.31 bits per heavy atom. The number of alkyl halides is 3. The number of carbonyl (C=O) groups excluding carboxylic acids is 1. The van der Waals surface area contributed by atoms with Crippen molar-refractivity contribution in [2.45, 2.75) is 32.4 Å². The van der Waals surface area contributed by atoms with Crippen molar-refractivity contribution in [1.82, 2.24) is 4.98 Å². The second-order valence-electron chi connectivity index (χ2n) is 6.79. The summed E-state index contributed by atoms with van der Waals surface area (Å²) in [7, 11) is 0. The van der Waals surface area contributed by atoms with Gasteiger partial charge in [0.1, 0.15) is 0 Å². The Balaban J connectivity index is 2.01. The van der Waals surface area contributed by atoms with Crippen LogP contribution in [0.3, 0.4) is 0 Å². The average Bonchev–Trinajstić information content (AvgIpc) is 2.90. The van der Waals surface area contributed by atoms with Crippen LogP contribution in [0.1, 0.15) is 30.7 Å². The number of anilines is 1. The number of amides is 1. The van der Waals surface area contributed by atoms with E-state index in [0.717, 1.165) is 28.2 Å². The second kappa shape index (κ2) is 6.20. The lowest BCUT2D eigenvalue weighted by Crippen LogP contribution is -2.35. The van der Waals surface area contributed by atoms with Crippen LogP contribution in [0.25, 0.3) is 10.9 Å². The van der Waals surface area contributed by atoms with Crippen molar-refractivity contribution < 1.29 is 18.0 Å². The van der Waals surface area contributed by atoms with Crippen molar-refractivity contribution in [3.05, 3.63) is 65.4 Å². The van der Waals surface area contributed by atoms with Gasteiger partial charge in [-0.2, -0.15) is 13.2 Å². The highest BCUT2D eigenvalue weighted by molar-refractivity contribution is 6.02. The van der Waals surface area contributed by atoms with Gasteiger partial charge in [-0.25, -0.2) is 0 Å². The normalized spacial score (nSPS) is 12.4. The summed E-state index contributed by atoms with van der Waals surface area (Å²) in [4.78, 5) is 16.1. The summed E-state index contributed by atoms with van der Waals surface area (Å²) in [6.07, 6.45) is -4.54. The maximum atomic E-state index is 13.2.